The van der Waals surface area contributed by atoms with E-state index in [1.165, 1.54) is 0 Å². The van der Waals surface area contributed by atoms with Gasteiger partial charge in [0.25, 0.3) is 0 Å². The van der Waals surface area contributed by atoms with Gasteiger partial charge in [-0.05, 0) is 30.4 Å². The number of thioether (sulfide) groups is 1. The molecule has 1 heterocycles. The quantitative estimate of drug-likeness (QED) is 0.812. The van der Waals surface area contributed by atoms with Crippen LogP contribution in [0.4, 0.5) is 0 Å². The molecule has 0 saturated carbocycles. The lowest BCUT2D eigenvalue weighted by molar-refractivity contribution is -0.130. The average molecular weight is 278 g/mol. The zero-order valence-electron chi connectivity index (χ0n) is 11.6. The Morgan fingerprint density at radius 2 is 2.05 bits per heavy atom. The molecular formula is C15H22N2OS. The van der Waals surface area contributed by atoms with Gasteiger partial charge in [-0.2, -0.15) is 11.8 Å². The summed E-state index contributed by atoms with van der Waals surface area (Å²) in [7, 11) is 0. The fraction of sp³-hybridized carbons (Fsp3) is 0.533. The molecule has 1 aromatic rings. The minimum Gasteiger partial charge on any atom is -0.325 e. The SMILES string of the molecule is CCC1NC(c2ccccc2)C(=O)N1CCCSC. The van der Waals surface area contributed by atoms with E-state index in [-0.39, 0.29) is 18.1 Å². The minimum absolute atomic E-state index is 0.166. The third-order valence-electron chi connectivity index (χ3n) is 3.53. The van der Waals surface area contributed by atoms with Crippen LogP contribution in [0.1, 0.15) is 31.4 Å². The Balaban J connectivity index is 2.07. The van der Waals surface area contributed by atoms with Crippen LogP contribution >= 0.6 is 11.8 Å². The summed E-state index contributed by atoms with van der Waals surface area (Å²) in [5.74, 6) is 1.33. The maximum atomic E-state index is 12.5. The molecule has 0 spiro atoms. The number of benzene rings is 1. The number of hydrogen-bond donors (Lipinski definition) is 1. The van der Waals surface area contributed by atoms with Crippen molar-refractivity contribution in [3.8, 4) is 0 Å². The first-order valence-corrected chi connectivity index (χ1v) is 8.27. The van der Waals surface area contributed by atoms with Crippen LogP contribution in [-0.2, 0) is 4.79 Å². The molecule has 0 aliphatic carbocycles. The second kappa shape index (κ2) is 6.96. The van der Waals surface area contributed by atoms with Gasteiger partial charge in [0.1, 0.15) is 6.04 Å². The highest BCUT2D eigenvalue weighted by atomic mass is 32.2. The van der Waals surface area contributed by atoms with Crippen molar-refractivity contribution >= 4 is 17.7 Å². The number of amides is 1. The molecule has 0 aromatic heterocycles. The van der Waals surface area contributed by atoms with Crippen molar-refractivity contribution in [2.45, 2.75) is 32.0 Å². The van der Waals surface area contributed by atoms with Crippen molar-refractivity contribution in [2.75, 3.05) is 18.6 Å². The molecule has 104 valence electrons. The maximum absolute atomic E-state index is 12.5. The van der Waals surface area contributed by atoms with Gasteiger partial charge < -0.3 is 4.90 Å². The first-order valence-electron chi connectivity index (χ1n) is 6.88. The van der Waals surface area contributed by atoms with Crippen LogP contribution in [0.2, 0.25) is 0 Å². The van der Waals surface area contributed by atoms with Crippen molar-refractivity contribution in [2.24, 2.45) is 0 Å². The fourth-order valence-electron chi connectivity index (χ4n) is 2.54. The summed E-state index contributed by atoms with van der Waals surface area (Å²) >= 11 is 1.83. The normalized spacial score (nSPS) is 23.1. The zero-order valence-corrected chi connectivity index (χ0v) is 12.5. The first kappa shape index (κ1) is 14.4. The first-order chi connectivity index (χ1) is 9.27. The zero-order chi connectivity index (χ0) is 13.7. The Labute approximate surface area is 119 Å². The Bertz CT molecular complexity index is 410. The van der Waals surface area contributed by atoms with Crippen LogP contribution in [-0.4, -0.2) is 35.5 Å². The number of carbonyl (C=O) groups is 1. The van der Waals surface area contributed by atoms with E-state index in [1.807, 2.05) is 47.0 Å². The summed E-state index contributed by atoms with van der Waals surface area (Å²) in [5.41, 5.74) is 1.07. The highest BCUT2D eigenvalue weighted by Crippen LogP contribution is 2.25. The molecule has 1 aromatic carbocycles. The molecule has 2 atom stereocenters. The molecule has 2 unspecified atom stereocenters. The summed E-state index contributed by atoms with van der Waals surface area (Å²) in [6.07, 6.45) is 4.30. The maximum Gasteiger partial charge on any atom is 0.245 e. The standard InChI is InChI=1S/C15H22N2OS/c1-3-13-16-14(12-8-5-4-6-9-12)15(18)17(13)10-7-11-19-2/h4-6,8-9,13-14,16H,3,7,10-11H2,1-2H3. The van der Waals surface area contributed by atoms with Crippen LogP contribution in [0.15, 0.2) is 30.3 Å². The van der Waals surface area contributed by atoms with Crippen LogP contribution in [0, 0.1) is 0 Å². The van der Waals surface area contributed by atoms with E-state index in [0.29, 0.717) is 0 Å². The summed E-state index contributed by atoms with van der Waals surface area (Å²) in [6.45, 7) is 2.98. The van der Waals surface area contributed by atoms with Crippen LogP contribution in [0.25, 0.3) is 0 Å². The third-order valence-corrected chi connectivity index (χ3v) is 4.23. The van der Waals surface area contributed by atoms with E-state index in [0.717, 1.165) is 30.7 Å². The summed E-state index contributed by atoms with van der Waals surface area (Å²) in [4.78, 5) is 14.5. The Morgan fingerprint density at radius 3 is 2.68 bits per heavy atom. The minimum atomic E-state index is -0.166. The second-order valence-corrected chi connectivity index (χ2v) is 5.80. The van der Waals surface area contributed by atoms with Gasteiger partial charge in [0, 0.05) is 6.54 Å². The predicted octanol–water partition coefficient (Wildman–Crippen LogP) is 2.65. The number of nitrogens with zero attached hydrogens (tertiary/aromatic N) is 1. The summed E-state index contributed by atoms with van der Waals surface area (Å²) in [6, 6.07) is 9.83. The second-order valence-electron chi connectivity index (χ2n) is 4.81. The van der Waals surface area contributed by atoms with Crippen LogP contribution in [0.5, 0.6) is 0 Å². The van der Waals surface area contributed by atoms with Crippen molar-refractivity contribution < 1.29 is 4.79 Å². The van der Waals surface area contributed by atoms with Gasteiger partial charge in [0.15, 0.2) is 0 Å². The monoisotopic (exact) mass is 278 g/mol. The van der Waals surface area contributed by atoms with Gasteiger partial charge in [-0.3, -0.25) is 10.1 Å². The van der Waals surface area contributed by atoms with Gasteiger partial charge in [-0.1, -0.05) is 37.3 Å². The van der Waals surface area contributed by atoms with Gasteiger partial charge >= 0.3 is 0 Å². The molecule has 1 N–H and O–H groups in total. The number of rotatable bonds is 6. The van der Waals surface area contributed by atoms with E-state index in [4.69, 9.17) is 0 Å². The number of hydrogen-bond acceptors (Lipinski definition) is 3. The molecule has 1 saturated heterocycles. The van der Waals surface area contributed by atoms with Crippen molar-refractivity contribution in [1.82, 2.24) is 10.2 Å². The molecule has 1 amide bonds. The molecule has 4 heteroatoms. The molecule has 3 nitrogen and oxygen atoms in total. The van der Waals surface area contributed by atoms with E-state index >= 15 is 0 Å². The Hall–Kier alpha value is -1.00. The van der Waals surface area contributed by atoms with Gasteiger partial charge in [0.05, 0.1) is 6.17 Å². The lowest BCUT2D eigenvalue weighted by Gasteiger charge is -2.22. The van der Waals surface area contributed by atoms with Gasteiger partial charge in [0.2, 0.25) is 5.91 Å². The van der Waals surface area contributed by atoms with Crippen molar-refractivity contribution in [1.29, 1.82) is 0 Å². The fourth-order valence-corrected chi connectivity index (χ4v) is 2.96. The molecule has 2 rings (SSSR count). The van der Waals surface area contributed by atoms with Crippen LogP contribution in [0.3, 0.4) is 0 Å². The summed E-state index contributed by atoms with van der Waals surface area (Å²) in [5, 5.41) is 3.45. The smallest absolute Gasteiger partial charge is 0.245 e. The largest absolute Gasteiger partial charge is 0.325 e. The molecule has 1 aliphatic rings. The lowest BCUT2D eigenvalue weighted by Crippen LogP contribution is -2.37. The molecule has 0 radical (unpaired) electrons. The summed E-state index contributed by atoms with van der Waals surface area (Å²) < 4.78 is 0. The van der Waals surface area contributed by atoms with E-state index in [1.54, 1.807) is 0 Å². The average Bonchev–Trinajstić information content (AvgIpc) is 2.77. The van der Waals surface area contributed by atoms with E-state index in [9.17, 15) is 4.79 Å². The van der Waals surface area contributed by atoms with Crippen molar-refractivity contribution in [3.63, 3.8) is 0 Å². The molecule has 0 bridgehead atoms. The Kier molecular flexibility index (Phi) is 5.28. The molecule has 1 fully saturated rings. The Morgan fingerprint density at radius 1 is 1.32 bits per heavy atom. The number of carbonyl (C=O) groups excluding carboxylic acids is 1. The predicted molar refractivity (Wildman–Crippen MR) is 81.1 cm³/mol. The van der Waals surface area contributed by atoms with Crippen LogP contribution < -0.4 is 5.32 Å². The third kappa shape index (κ3) is 3.31. The molecule has 19 heavy (non-hydrogen) atoms. The molecule has 1 aliphatic heterocycles. The van der Waals surface area contributed by atoms with E-state index in [2.05, 4.69) is 18.5 Å². The van der Waals surface area contributed by atoms with Gasteiger partial charge in [-0.15, -0.1) is 0 Å². The highest BCUT2D eigenvalue weighted by molar-refractivity contribution is 7.98. The van der Waals surface area contributed by atoms with Gasteiger partial charge in [-0.25, -0.2) is 0 Å². The van der Waals surface area contributed by atoms with E-state index < -0.39 is 0 Å². The molecular weight excluding hydrogens is 256 g/mol. The topological polar surface area (TPSA) is 32.3 Å². The number of nitrogens with one attached hydrogen (secondary N) is 1. The van der Waals surface area contributed by atoms with Crippen molar-refractivity contribution in [3.05, 3.63) is 35.9 Å². The highest BCUT2D eigenvalue weighted by Gasteiger charge is 2.37. The lowest BCUT2D eigenvalue weighted by atomic mass is 10.1.